The van der Waals surface area contributed by atoms with E-state index in [4.69, 9.17) is 9.73 Å². The van der Waals surface area contributed by atoms with Crippen molar-refractivity contribution in [3.63, 3.8) is 0 Å². The van der Waals surface area contributed by atoms with Crippen LogP contribution in [-0.4, -0.2) is 33.2 Å². The normalized spacial score (nSPS) is 17.4. The van der Waals surface area contributed by atoms with E-state index in [1.165, 1.54) is 18.2 Å². The molecule has 3 aromatic carbocycles. The third-order valence-corrected chi connectivity index (χ3v) is 7.60. The van der Waals surface area contributed by atoms with E-state index in [2.05, 4.69) is 31.3 Å². The minimum atomic E-state index is -1.14. The first-order valence-electron chi connectivity index (χ1n) is 13.2. The summed E-state index contributed by atoms with van der Waals surface area (Å²) in [4.78, 5) is 29.3. The van der Waals surface area contributed by atoms with Gasteiger partial charge in [-0.15, -0.1) is 0 Å². The van der Waals surface area contributed by atoms with Gasteiger partial charge in [-0.2, -0.15) is 0 Å². The Morgan fingerprint density at radius 1 is 0.800 bits per heavy atom. The van der Waals surface area contributed by atoms with Gasteiger partial charge in [0.15, 0.2) is 0 Å². The predicted molar refractivity (Wildman–Crippen MR) is 155 cm³/mol. The van der Waals surface area contributed by atoms with Crippen LogP contribution in [0.15, 0.2) is 59.6 Å². The minimum Gasteiger partial charge on any atom is -0.478 e. The Morgan fingerprint density at radius 3 is 2.23 bits per heavy atom. The molecule has 7 heteroatoms. The zero-order valence-electron chi connectivity index (χ0n) is 23.3. The van der Waals surface area contributed by atoms with Crippen LogP contribution < -0.4 is 20.6 Å². The Morgan fingerprint density at radius 2 is 1.52 bits per heavy atom. The van der Waals surface area contributed by atoms with Gasteiger partial charge < -0.3 is 20.3 Å². The maximum Gasteiger partial charge on any atom is 0.336 e. The molecule has 0 bridgehead atoms. The molecule has 0 saturated carbocycles. The highest BCUT2D eigenvalue weighted by atomic mass is 16.5. The fourth-order valence-electron chi connectivity index (χ4n) is 6.12. The lowest BCUT2D eigenvalue weighted by molar-refractivity contribution is 0.0681. The molecule has 0 unspecified atom stereocenters. The fourth-order valence-corrected chi connectivity index (χ4v) is 6.12. The monoisotopic (exact) mass is 534 g/mol. The summed E-state index contributed by atoms with van der Waals surface area (Å²) in [7, 11) is 0. The molecule has 0 amide bonds. The van der Waals surface area contributed by atoms with Crippen LogP contribution in [-0.2, 0) is 0 Å². The summed E-state index contributed by atoms with van der Waals surface area (Å²) < 4.78 is 6.52. The van der Waals surface area contributed by atoms with Gasteiger partial charge >= 0.3 is 11.9 Å². The van der Waals surface area contributed by atoms with Crippen molar-refractivity contribution in [2.24, 2.45) is 4.99 Å². The van der Waals surface area contributed by atoms with Gasteiger partial charge in [0.05, 0.1) is 27.6 Å². The molecule has 3 N–H and O–H groups in total. The number of carbonyl (C=O) groups is 2. The number of benzene rings is 3. The molecule has 3 aromatic rings. The Hall–Kier alpha value is -4.65. The molecule has 0 fully saturated rings. The van der Waals surface area contributed by atoms with E-state index >= 15 is 0 Å². The molecule has 0 aliphatic carbocycles. The van der Waals surface area contributed by atoms with Crippen LogP contribution in [0, 0.1) is 0 Å². The van der Waals surface area contributed by atoms with Crippen LogP contribution in [0.5, 0.6) is 11.5 Å². The SMILES string of the molecule is CC1=CC(C)(C)Nc2cc3c(cc21)C(c1cc(C(=O)O)ccc1C(=O)O)=c1cc2c(cc1O3)=NC(C)(C)C=C2C. The smallest absolute Gasteiger partial charge is 0.336 e. The standard InChI is InChI=1S/C33H30N2O5/c1-16-14-32(3,4)34-25-12-27-23(10-20(16)25)29(22-9-18(30(36)37)7-8-19(22)31(38)39)24-11-21-17(2)15-33(5,6)35-26(21)13-28(24)40-27/h7-15,34H,1-6H3,(H,36,37)(H,38,39). The van der Waals surface area contributed by atoms with E-state index in [0.29, 0.717) is 33.4 Å². The van der Waals surface area contributed by atoms with Crippen LogP contribution in [0.25, 0.3) is 16.7 Å². The van der Waals surface area contributed by atoms with E-state index < -0.39 is 11.9 Å². The molecule has 7 nitrogen and oxygen atoms in total. The highest BCUT2D eigenvalue weighted by Crippen LogP contribution is 2.44. The lowest BCUT2D eigenvalue weighted by Crippen LogP contribution is -2.32. The number of hydrogen-bond donors (Lipinski definition) is 3. The predicted octanol–water partition coefficient (Wildman–Crippen LogP) is 5.86. The Kier molecular flexibility index (Phi) is 5.39. The summed E-state index contributed by atoms with van der Waals surface area (Å²) in [6, 6.07) is 12.0. The number of fused-ring (bicyclic) bond motifs is 4. The second kappa shape index (κ2) is 8.42. The van der Waals surface area contributed by atoms with E-state index in [-0.39, 0.29) is 22.2 Å². The first-order chi connectivity index (χ1) is 18.7. The molecule has 0 aromatic heterocycles. The fraction of sp³-hybridized carbons (Fsp3) is 0.242. The number of hydrogen-bond acceptors (Lipinski definition) is 5. The van der Waals surface area contributed by atoms with Gasteiger partial charge in [0.25, 0.3) is 0 Å². The zero-order valence-corrected chi connectivity index (χ0v) is 23.3. The molecule has 6 rings (SSSR count). The van der Waals surface area contributed by atoms with E-state index in [9.17, 15) is 19.8 Å². The summed E-state index contributed by atoms with van der Waals surface area (Å²) in [5.41, 5.74) is 5.93. The van der Waals surface area contributed by atoms with Crippen molar-refractivity contribution in [2.75, 3.05) is 5.32 Å². The lowest BCUT2D eigenvalue weighted by atomic mass is 9.84. The van der Waals surface area contributed by atoms with E-state index in [1.54, 1.807) is 0 Å². The Bertz CT molecular complexity index is 1880. The van der Waals surface area contributed by atoms with Crippen molar-refractivity contribution >= 4 is 34.3 Å². The van der Waals surface area contributed by atoms with Gasteiger partial charge in [-0.05, 0) is 88.6 Å². The van der Waals surface area contributed by atoms with Gasteiger partial charge in [-0.3, -0.25) is 4.99 Å². The van der Waals surface area contributed by atoms with Gasteiger partial charge in [0.1, 0.15) is 11.5 Å². The molecular formula is C33H30N2O5. The zero-order chi connectivity index (χ0) is 28.7. The molecule has 40 heavy (non-hydrogen) atoms. The summed E-state index contributed by atoms with van der Waals surface area (Å²) >= 11 is 0. The van der Waals surface area contributed by atoms with Gasteiger partial charge in [-0.25, -0.2) is 9.59 Å². The molecule has 0 saturated heterocycles. The number of ether oxygens (including phenoxy) is 1. The van der Waals surface area contributed by atoms with E-state index in [0.717, 1.165) is 33.3 Å². The van der Waals surface area contributed by atoms with Crippen molar-refractivity contribution in [1.29, 1.82) is 0 Å². The topological polar surface area (TPSA) is 108 Å². The van der Waals surface area contributed by atoms with Crippen LogP contribution in [0.2, 0.25) is 0 Å². The average molecular weight is 535 g/mol. The second-order valence-corrected chi connectivity index (χ2v) is 11.9. The summed E-state index contributed by atoms with van der Waals surface area (Å²) in [5, 5.41) is 25.0. The van der Waals surface area contributed by atoms with Crippen LogP contribution in [0.3, 0.4) is 0 Å². The largest absolute Gasteiger partial charge is 0.478 e. The number of aromatic carboxylic acids is 2. The summed E-state index contributed by atoms with van der Waals surface area (Å²) in [6.07, 6.45) is 4.26. The molecule has 0 radical (unpaired) electrons. The minimum absolute atomic E-state index is 0.00494. The number of carboxylic acid groups (broad SMARTS) is 2. The Balaban J connectivity index is 1.76. The van der Waals surface area contributed by atoms with Crippen molar-refractivity contribution < 1.29 is 24.5 Å². The van der Waals surface area contributed by atoms with Gasteiger partial charge in [-0.1, -0.05) is 12.2 Å². The maximum absolute atomic E-state index is 12.4. The van der Waals surface area contributed by atoms with Gasteiger partial charge in [0, 0.05) is 45.3 Å². The number of nitrogens with one attached hydrogen (secondary N) is 1. The molecule has 3 aliphatic heterocycles. The average Bonchev–Trinajstić information content (AvgIpc) is 2.83. The maximum atomic E-state index is 12.4. The third kappa shape index (κ3) is 4.09. The van der Waals surface area contributed by atoms with Gasteiger partial charge in [0.2, 0.25) is 0 Å². The molecule has 0 spiro atoms. The van der Waals surface area contributed by atoms with Crippen molar-refractivity contribution in [3.8, 4) is 11.5 Å². The molecule has 3 heterocycles. The number of rotatable bonds is 3. The molecule has 3 aliphatic rings. The van der Waals surface area contributed by atoms with Crippen molar-refractivity contribution in [1.82, 2.24) is 0 Å². The molecule has 0 atom stereocenters. The second-order valence-electron chi connectivity index (χ2n) is 11.9. The molecular weight excluding hydrogens is 504 g/mol. The Labute approximate surface area is 231 Å². The lowest BCUT2D eigenvalue weighted by Gasteiger charge is -2.33. The van der Waals surface area contributed by atoms with Crippen LogP contribution >= 0.6 is 0 Å². The summed E-state index contributed by atoms with van der Waals surface area (Å²) in [5.74, 6) is -1.18. The number of carboxylic acids is 2. The van der Waals surface area contributed by atoms with Crippen molar-refractivity contribution in [2.45, 2.75) is 52.6 Å². The highest BCUT2D eigenvalue weighted by Gasteiger charge is 2.30. The summed E-state index contributed by atoms with van der Waals surface area (Å²) in [6.45, 7) is 12.3. The number of anilines is 1. The highest BCUT2D eigenvalue weighted by molar-refractivity contribution is 6.01. The van der Waals surface area contributed by atoms with Crippen LogP contribution in [0.1, 0.15) is 84.5 Å². The van der Waals surface area contributed by atoms with Crippen LogP contribution in [0.4, 0.5) is 5.69 Å². The quantitative estimate of drug-likeness (QED) is 0.304. The van der Waals surface area contributed by atoms with Crippen molar-refractivity contribution in [3.05, 3.63) is 98.6 Å². The number of nitrogens with zero attached hydrogens (tertiary/aromatic N) is 1. The number of allylic oxidation sites excluding steroid dienone is 2. The first kappa shape index (κ1) is 25.6. The van der Waals surface area contributed by atoms with E-state index in [1.807, 2.05) is 52.0 Å². The third-order valence-electron chi connectivity index (χ3n) is 7.60. The molecule has 202 valence electrons. The first-order valence-corrected chi connectivity index (χ1v) is 13.2.